The smallest absolute Gasteiger partial charge is 0.289 e. The summed E-state index contributed by atoms with van der Waals surface area (Å²) in [7, 11) is 1.97. The molecule has 2 aromatic carbocycles. The number of hydrogen-bond donors (Lipinski definition) is 6. The number of anilines is 2. The number of halogens is 2. The lowest BCUT2D eigenvalue weighted by Gasteiger charge is -2.41. The summed E-state index contributed by atoms with van der Waals surface area (Å²) in [5.74, 6) is 0.553. The number of rotatable bonds is 15. The molecule has 7 rings (SSSR count). The molecule has 15 nitrogen and oxygen atoms in total. The molecule has 2 amide bonds. The highest BCUT2D eigenvalue weighted by molar-refractivity contribution is 6.32. The summed E-state index contributed by atoms with van der Waals surface area (Å²) in [6, 6.07) is 15.1. The number of phenolic OH excluding ortho intramolecular Hbond substituents is 2. The molecule has 1 fully saturated rings. The Balaban J connectivity index is 1.05. The van der Waals surface area contributed by atoms with Gasteiger partial charge in [0.05, 0.1) is 28.5 Å². The molecule has 0 bridgehead atoms. The Labute approximate surface area is 382 Å². The average Bonchev–Trinajstić information content (AvgIpc) is 3.95. The van der Waals surface area contributed by atoms with Gasteiger partial charge in [-0.2, -0.15) is 0 Å². The maximum absolute atomic E-state index is 13.9. The number of likely N-dealkylation sites (tertiary alicyclic amines) is 1. The van der Waals surface area contributed by atoms with E-state index in [2.05, 4.69) is 36.0 Å². The number of aliphatic hydroxyl groups excluding tert-OH is 1. The molecule has 2 atom stereocenters. The summed E-state index contributed by atoms with van der Waals surface area (Å²) < 4.78 is 1.54. The number of allylic oxidation sites excluding steroid dienone is 3. The summed E-state index contributed by atoms with van der Waals surface area (Å²) in [6.07, 6.45) is 7.76. The van der Waals surface area contributed by atoms with E-state index in [1.807, 2.05) is 76.1 Å². The van der Waals surface area contributed by atoms with Gasteiger partial charge in [-0.05, 0) is 105 Å². The zero-order chi connectivity index (χ0) is 45.8. The van der Waals surface area contributed by atoms with Gasteiger partial charge in [0.25, 0.3) is 5.91 Å². The van der Waals surface area contributed by atoms with E-state index >= 15 is 0 Å². The Hall–Kier alpha value is -6.00. The summed E-state index contributed by atoms with van der Waals surface area (Å²) in [6.45, 7) is 11.2. The van der Waals surface area contributed by atoms with Crippen molar-refractivity contribution in [3.63, 3.8) is 0 Å². The van der Waals surface area contributed by atoms with Crippen LogP contribution in [0.3, 0.4) is 0 Å². The third-order valence-corrected chi connectivity index (χ3v) is 12.1. The van der Waals surface area contributed by atoms with Crippen molar-refractivity contribution in [2.24, 2.45) is 0 Å². The molecule has 0 radical (unpaired) electrons. The Morgan fingerprint density at radius 2 is 1.69 bits per heavy atom. The van der Waals surface area contributed by atoms with Crippen LogP contribution in [-0.4, -0.2) is 102 Å². The molecular weight excluding hydrogens is 855 g/mol. The SMILES string of the molecule is CCNC(=O)c1nnc(-c2cc(C(C)C)c(O)cc2O)n1-c1ccc(N(C)C2CCN(C(O)[C@@H](NC(=O)C3=CC(c4cc(NC(C)C)ncc4Cl)=CC3)c3cccc(Cl)c3)CC2)nc1. The maximum Gasteiger partial charge on any atom is 0.289 e. The fourth-order valence-corrected chi connectivity index (χ4v) is 8.56. The van der Waals surface area contributed by atoms with Crippen molar-refractivity contribution >= 4 is 52.2 Å². The van der Waals surface area contributed by atoms with Crippen LogP contribution in [0.5, 0.6) is 11.5 Å². The molecule has 336 valence electrons. The number of amides is 2. The van der Waals surface area contributed by atoms with Gasteiger partial charge in [-0.15, -0.1) is 10.2 Å². The van der Waals surface area contributed by atoms with Crippen molar-refractivity contribution in [3.05, 3.63) is 117 Å². The number of piperidine rings is 1. The molecule has 64 heavy (non-hydrogen) atoms. The molecule has 0 saturated carbocycles. The molecule has 5 aromatic rings. The number of carbonyl (C=O) groups is 2. The van der Waals surface area contributed by atoms with Crippen LogP contribution in [0, 0.1) is 0 Å². The van der Waals surface area contributed by atoms with Gasteiger partial charge in [0.2, 0.25) is 11.7 Å². The number of hydrogen-bond acceptors (Lipinski definition) is 12. The lowest BCUT2D eigenvalue weighted by molar-refractivity contribution is -0.121. The minimum absolute atomic E-state index is 0.0150. The lowest BCUT2D eigenvalue weighted by atomic mass is 9.98. The van der Waals surface area contributed by atoms with Crippen molar-refractivity contribution in [2.75, 3.05) is 36.9 Å². The van der Waals surface area contributed by atoms with Crippen LogP contribution in [0.2, 0.25) is 10.0 Å². The van der Waals surface area contributed by atoms with Gasteiger partial charge in [-0.1, -0.05) is 55.3 Å². The first kappa shape index (κ1) is 46.0. The van der Waals surface area contributed by atoms with Crippen LogP contribution < -0.4 is 20.9 Å². The number of phenols is 2. The average molecular weight is 910 g/mol. The Morgan fingerprint density at radius 1 is 0.922 bits per heavy atom. The second-order valence-electron chi connectivity index (χ2n) is 16.7. The fraction of sp³-hybridized carbons (Fsp3) is 0.362. The zero-order valence-corrected chi connectivity index (χ0v) is 38.2. The Kier molecular flexibility index (Phi) is 14.2. The van der Waals surface area contributed by atoms with Crippen molar-refractivity contribution < 1.29 is 24.9 Å². The summed E-state index contributed by atoms with van der Waals surface area (Å²) in [5.41, 5.74) is 4.22. The highest BCUT2D eigenvalue weighted by Gasteiger charge is 2.34. The van der Waals surface area contributed by atoms with Crippen molar-refractivity contribution in [2.45, 2.75) is 84.2 Å². The topological polar surface area (TPSA) is 194 Å². The first-order chi connectivity index (χ1) is 30.6. The molecule has 2 aliphatic rings. The predicted octanol–water partition coefficient (Wildman–Crippen LogP) is 7.63. The van der Waals surface area contributed by atoms with E-state index in [0.717, 1.165) is 11.1 Å². The second kappa shape index (κ2) is 19.8. The Bertz CT molecular complexity index is 2570. The van der Waals surface area contributed by atoms with Gasteiger partial charge in [-0.25, -0.2) is 9.97 Å². The van der Waals surface area contributed by atoms with Gasteiger partial charge in [0.1, 0.15) is 29.4 Å². The number of aromatic hydroxyl groups is 2. The van der Waals surface area contributed by atoms with Crippen molar-refractivity contribution in [1.82, 2.24) is 40.3 Å². The van der Waals surface area contributed by atoms with E-state index in [1.165, 1.54) is 6.07 Å². The summed E-state index contributed by atoms with van der Waals surface area (Å²) >= 11 is 13.0. The van der Waals surface area contributed by atoms with Gasteiger partial charge < -0.3 is 36.2 Å². The summed E-state index contributed by atoms with van der Waals surface area (Å²) in [5, 5.41) is 52.1. The van der Waals surface area contributed by atoms with Crippen LogP contribution in [0.25, 0.3) is 22.6 Å². The van der Waals surface area contributed by atoms with E-state index in [1.54, 1.807) is 48.1 Å². The van der Waals surface area contributed by atoms with Crippen LogP contribution in [-0.2, 0) is 4.79 Å². The normalized spacial score (nSPS) is 15.5. The van der Waals surface area contributed by atoms with Gasteiger partial charge in [0.15, 0.2) is 5.82 Å². The molecule has 3 aromatic heterocycles. The number of nitrogens with one attached hydrogen (secondary N) is 3. The predicted molar refractivity (Wildman–Crippen MR) is 250 cm³/mol. The molecule has 17 heteroatoms. The first-order valence-corrected chi connectivity index (χ1v) is 22.2. The highest BCUT2D eigenvalue weighted by Crippen LogP contribution is 2.39. The molecule has 1 unspecified atom stereocenters. The third-order valence-electron chi connectivity index (χ3n) is 11.5. The van der Waals surface area contributed by atoms with E-state index in [9.17, 15) is 24.9 Å². The molecule has 6 N–H and O–H groups in total. The van der Waals surface area contributed by atoms with E-state index in [0.29, 0.717) is 88.5 Å². The molecule has 1 aliphatic heterocycles. The van der Waals surface area contributed by atoms with Crippen LogP contribution in [0.4, 0.5) is 11.6 Å². The van der Waals surface area contributed by atoms with Crippen molar-refractivity contribution in [1.29, 1.82) is 0 Å². The largest absolute Gasteiger partial charge is 0.508 e. The lowest BCUT2D eigenvalue weighted by Crippen LogP contribution is -2.52. The summed E-state index contributed by atoms with van der Waals surface area (Å²) in [4.78, 5) is 40.3. The maximum atomic E-state index is 13.9. The number of aromatic nitrogens is 5. The minimum Gasteiger partial charge on any atom is -0.508 e. The second-order valence-corrected chi connectivity index (χ2v) is 17.5. The van der Waals surface area contributed by atoms with E-state index in [4.69, 9.17) is 28.2 Å². The van der Waals surface area contributed by atoms with E-state index < -0.39 is 18.2 Å². The minimum atomic E-state index is -1.05. The monoisotopic (exact) mass is 908 g/mol. The molecule has 1 aliphatic carbocycles. The number of carbonyl (C=O) groups excluding carboxylic acids is 2. The van der Waals surface area contributed by atoms with Crippen LogP contribution >= 0.6 is 23.2 Å². The third kappa shape index (κ3) is 10.0. The zero-order valence-electron chi connectivity index (χ0n) is 36.7. The number of aliphatic hydroxyl groups is 1. The number of pyridine rings is 2. The standard InChI is InChI=1S/C47H54Cl2N10O5/c1-7-50-46(63)44-56-55-43(36-21-34(26(2)3)38(60)23-39(36)61)59(44)33-13-14-41(52-24-33)57(6)32-15-17-58(18-16-32)47(64)42(29-9-8-10-31(48)20-29)54-45(62)30-12-11-28(19-30)35-22-40(53-27(4)5)51-25-37(35)49/h8-11,13-14,19-27,32,42,47,60-61,64H,7,12,15-18H2,1-6H3,(H,50,63)(H,51,53)(H,54,62)/t42-,47?/m0/s1. The highest BCUT2D eigenvalue weighted by atomic mass is 35.5. The first-order valence-electron chi connectivity index (χ1n) is 21.4. The Morgan fingerprint density at radius 3 is 2.36 bits per heavy atom. The molecule has 1 saturated heterocycles. The molecule has 0 spiro atoms. The molecule has 4 heterocycles. The van der Waals surface area contributed by atoms with Gasteiger partial charge in [0, 0.05) is 67.2 Å². The number of benzene rings is 2. The van der Waals surface area contributed by atoms with Gasteiger partial charge in [-0.3, -0.25) is 19.1 Å². The van der Waals surface area contributed by atoms with Crippen LogP contribution in [0.1, 0.15) is 93.2 Å². The van der Waals surface area contributed by atoms with Crippen molar-refractivity contribution in [3.8, 4) is 28.6 Å². The molecular formula is C47H54Cl2N10O5. The van der Waals surface area contributed by atoms with E-state index in [-0.39, 0.29) is 47.1 Å². The quantitative estimate of drug-likeness (QED) is 0.0603. The van der Waals surface area contributed by atoms with Crippen LogP contribution in [0.15, 0.2) is 84.7 Å². The van der Waals surface area contributed by atoms with Gasteiger partial charge >= 0.3 is 0 Å². The fourth-order valence-electron chi connectivity index (χ4n) is 8.15. The number of nitrogens with zero attached hydrogens (tertiary/aromatic N) is 7.